The summed E-state index contributed by atoms with van der Waals surface area (Å²) >= 11 is 5.65. The number of halogens is 2. The van der Waals surface area contributed by atoms with Crippen LogP contribution >= 0.6 is 11.6 Å². The Hall–Kier alpha value is -2.28. The number of amidine groups is 1. The van der Waals surface area contributed by atoms with Gasteiger partial charge < -0.3 is 5.32 Å². The third-order valence-electron chi connectivity index (χ3n) is 2.87. The molecule has 0 spiro atoms. The Morgan fingerprint density at radius 3 is 2.84 bits per heavy atom. The van der Waals surface area contributed by atoms with Crippen LogP contribution in [0.1, 0.15) is 5.69 Å². The van der Waals surface area contributed by atoms with E-state index in [4.69, 9.17) is 21.8 Å². The lowest BCUT2D eigenvalue weighted by Crippen LogP contribution is -2.30. The van der Waals surface area contributed by atoms with E-state index >= 15 is 0 Å². The maximum absolute atomic E-state index is 13.2. The van der Waals surface area contributed by atoms with Crippen molar-refractivity contribution in [2.24, 2.45) is 0 Å². The number of hydrogen-bond donors (Lipinski definition) is 5. The highest BCUT2D eigenvalue weighted by Crippen LogP contribution is 2.23. The topological polar surface area (TPSA) is 151 Å². The van der Waals surface area contributed by atoms with Crippen molar-refractivity contribution in [1.29, 1.82) is 10.2 Å². The SMILES string of the molecule is CS(=N)(=O)NCCNc1nonc1C(=N)N(O)c1ccc(F)c(Cl)c1. The maximum Gasteiger partial charge on any atom is 0.202 e. The van der Waals surface area contributed by atoms with E-state index < -0.39 is 21.6 Å². The van der Waals surface area contributed by atoms with Gasteiger partial charge in [0.2, 0.25) is 5.82 Å². The summed E-state index contributed by atoms with van der Waals surface area (Å²) in [6.45, 7) is 0.404. The van der Waals surface area contributed by atoms with Crippen LogP contribution in [0.15, 0.2) is 22.8 Å². The molecule has 0 saturated heterocycles. The number of hydroxylamine groups is 1. The van der Waals surface area contributed by atoms with Crippen molar-refractivity contribution in [3.8, 4) is 0 Å². The first-order valence-electron chi connectivity index (χ1n) is 6.77. The highest BCUT2D eigenvalue weighted by Gasteiger charge is 2.21. The molecule has 1 atom stereocenters. The Bertz CT molecular complexity index is 873. The molecule has 25 heavy (non-hydrogen) atoms. The average Bonchev–Trinajstić information content (AvgIpc) is 3.00. The van der Waals surface area contributed by atoms with Crippen LogP contribution < -0.4 is 15.1 Å². The molecule has 1 aromatic heterocycles. The quantitative estimate of drug-likeness (QED) is 0.208. The summed E-state index contributed by atoms with van der Waals surface area (Å²) in [7, 11) is -2.83. The van der Waals surface area contributed by atoms with Crippen LogP contribution in [0.4, 0.5) is 15.9 Å². The van der Waals surface area contributed by atoms with Crippen LogP contribution in [-0.2, 0) is 9.92 Å². The Morgan fingerprint density at radius 1 is 1.48 bits per heavy atom. The van der Waals surface area contributed by atoms with E-state index in [1.807, 2.05) is 0 Å². The number of nitrogens with one attached hydrogen (secondary N) is 4. The second-order valence-electron chi connectivity index (χ2n) is 4.89. The van der Waals surface area contributed by atoms with Crippen molar-refractivity contribution in [3.63, 3.8) is 0 Å². The molecule has 1 aromatic carbocycles. The molecule has 136 valence electrons. The number of hydrogen-bond acceptors (Lipinski definition) is 8. The molecule has 0 amide bonds. The lowest BCUT2D eigenvalue weighted by Gasteiger charge is -2.16. The van der Waals surface area contributed by atoms with Crippen LogP contribution in [0.25, 0.3) is 0 Å². The Labute approximate surface area is 147 Å². The van der Waals surface area contributed by atoms with Gasteiger partial charge in [0.1, 0.15) is 15.7 Å². The van der Waals surface area contributed by atoms with E-state index in [-0.39, 0.29) is 35.3 Å². The minimum absolute atomic E-state index is 0.0481. The molecule has 0 aliphatic carbocycles. The molecule has 10 nitrogen and oxygen atoms in total. The van der Waals surface area contributed by atoms with Gasteiger partial charge in [-0.3, -0.25) is 10.6 Å². The first-order chi connectivity index (χ1) is 11.7. The molecule has 5 N–H and O–H groups in total. The molecular formula is C12H15ClFN7O3S. The second-order valence-corrected chi connectivity index (χ2v) is 7.27. The molecule has 13 heteroatoms. The second kappa shape index (κ2) is 7.74. The minimum atomic E-state index is -2.83. The summed E-state index contributed by atoms with van der Waals surface area (Å²) in [6, 6.07) is 3.41. The van der Waals surface area contributed by atoms with Gasteiger partial charge in [-0.05, 0) is 28.5 Å². The van der Waals surface area contributed by atoms with Gasteiger partial charge in [0, 0.05) is 19.3 Å². The third kappa shape index (κ3) is 5.09. The summed E-state index contributed by atoms with van der Waals surface area (Å²) in [4.78, 5) is 0. The summed E-state index contributed by atoms with van der Waals surface area (Å²) in [6.07, 6.45) is 1.24. The zero-order valence-corrected chi connectivity index (χ0v) is 14.5. The fraction of sp³-hybridized carbons (Fsp3) is 0.250. The van der Waals surface area contributed by atoms with Crippen LogP contribution in [0, 0.1) is 16.0 Å². The minimum Gasteiger partial charge on any atom is -0.364 e. The van der Waals surface area contributed by atoms with E-state index in [1.54, 1.807) is 0 Å². The van der Waals surface area contributed by atoms with Crippen LogP contribution in [-0.4, -0.2) is 44.9 Å². The van der Waals surface area contributed by atoms with Gasteiger partial charge in [0.15, 0.2) is 11.5 Å². The summed E-state index contributed by atoms with van der Waals surface area (Å²) < 4.78 is 38.6. The van der Waals surface area contributed by atoms with Crippen molar-refractivity contribution in [2.75, 3.05) is 29.7 Å². The molecule has 2 aromatic rings. The number of benzene rings is 1. The Kier molecular flexibility index (Phi) is 5.89. The lowest BCUT2D eigenvalue weighted by atomic mass is 10.3. The molecular weight excluding hydrogens is 377 g/mol. The van der Waals surface area contributed by atoms with Gasteiger partial charge in [-0.15, -0.1) is 0 Å². The molecule has 0 radical (unpaired) electrons. The van der Waals surface area contributed by atoms with Crippen molar-refractivity contribution in [1.82, 2.24) is 15.0 Å². The predicted octanol–water partition coefficient (Wildman–Crippen LogP) is 1.68. The molecule has 0 aliphatic heterocycles. The molecule has 2 rings (SSSR count). The molecule has 0 saturated carbocycles. The molecule has 1 unspecified atom stereocenters. The van der Waals surface area contributed by atoms with Gasteiger partial charge in [-0.1, -0.05) is 11.6 Å². The highest BCUT2D eigenvalue weighted by atomic mass is 35.5. The largest absolute Gasteiger partial charge is 0.364 e. The standard InChI is InChI=1S/C12H15ClFN7O3S/c1-25(16,23)18-5-4-17-12-10(19-24-20-12)11(15)21(22)7-2-3-9(14)8(13)6-7/h2-3,6,15,22H,4-5H2,1H3,(H,17,20)(H2,16,18,23). The fourth-order valence-corrected chi connectivity index (χ4v) is 2.40. The van der Waals surface area contributed by atoms with Crippen molar-refractivity contribution < 1.29 is 18.4 Å². The predicted molar refractivity (Wildman–Crippen MR) is 90.1 cm³/mol. The van der Waals surface area contributed by atoms with Crippen molar-refractivity contribution >= 4 is 38.9 Å². The normalized spacial score (nSPS) is 13.3. The summed E-state index contributed by atoms with van der Waals surface area (Å²) in [5.41, 5.74) is -0.0574. The first-order valence-corrected chi connectivity index (χ1v) is 9.11. The highest BCUT2D eigenvalue weighted by molar-refractivity contribution is 7.89. The monoisotopic (exact) mass is 391 g/mol. The van der Waals surface area contributed by atoms with Crippen LogP contribution in [0.5, 0.6) is 0 Å². The zero-order chi connectivity index (χ0) is 18.6. The van der Waals surface area contributed by atoms with Crippen molar-refractivity contribution in [3.05, 3.63) is 34.7 Å². The zero-order valence-electron chi connectivity index (χ0n) is 12.9. The van der Waals surface area contributed by atoms with E-state index in [0.717, 1.165) is 12.1 Å². The van der Waals surface area contributed by atoms with Crippen LogP contribution in [0.2, 0.25) is 5.02 Å². The van der Waals surface area contributed by atoms with Gasteiger partial charge in [-0.2, -0.15) is 0 Å². The van der Waals surface area contributed by atoms with Gasteiger partial charge in [-0.25, -0.2) is 27.8 Å². The molecule has 0 bridgehead atoms. The number of aromatic nitrogens is 2. The maximum atomic E-state index is 13.2. The summed E-state index contributed by atoms with van der Waals surface area (Å²) in [5.74, 6) is -1.09. The number of rotatable bonds is 7. The van der Waals surface area contributed by atoms with E-state index in [9.17, 15) is 13.8 Å². The molecule has 0 fully saturated rings. The lowest BCUT2D eigenvalue weighted by molar-refractivity contribution is 0.300. The van der Waals surface area contributed by atoms with Gasteiger partial charge in [0.25, 0.3) is 0 Å². The van der Waals surface area contributed by atoms with Crippen molar-refractivity contribution in [2.45, 2.75) is 0 Å². The number of nitrogens with zero attached hydrogens (tertiary/aromatic N) is 3. The number of anilines is 2. The van der Waals surface area contributed by atoms with E-state index in [0.29, 0.717) is 5.06 Å². The Balaban J connectivity index is 2.07. The first kappa shape index (κ1) is 19.1. The van der Waals surface area contributed by atoms with Crippen LogP contribution in [0.3, 0.4) is 0 Å². The van der Waals surface area contributed by atoms with Gasteiger partial charge >= 0.3 is 0 Å². The summed E-state index contributed by atoms with van der Waals surface area (Å²) in [5, 5.41) is 28.2. The van der Waals surface area contributed by atoms with Gasteiger partial charge in [0.05, 0.1) is 10.7 Å². The average molecular weight is 392 g/mol. The molecule has 1 heterocycles. The van der Waals surface area contributed by atoms with E-state index in [1.165, 1.54) is 12.3 Å². The Morgan fingerprint density at radius 2 is 2.20 bits per heavy atom. The smallest absolute Gasteiger partial charge is 0.202 e. The fourth-order valence-electron chi connectivity index (χ4n) is 1.73. The molecule has 0 aliphatic rings. The van der Waals surface area contributed by atoms with E-state index in [2.05, 4.69) is 25.0 Å². The third-order valence-corrected chi connectivity index (χ3v) is 3.91.